The number of hydrogen-bond acceptors (Lipinski definition) is 5. The molecule has 0 spiro atoms. The van der Waals surface area contributed by atoms with Crippen molar-refractivity contribution in [1.29, 1.82) is 0 Å². The molecule has 0 bridgehead atoms. The molecule has 0 atom stereocenters. The van der Waals surface area contributed by atoms with Gasteiger partial charge in [-0.15, -0.1) is 10.2 Å². The van der Waals surface area contributed by atoms with E-state index in [1.54, 1.807) is 12.1 Å². The fourth-order valence-corrected chi connectivity index (χ4v) is 2.38. The minimum absolute atomic E-state index is 0.373. The van der Waals surface area contributed by atoms with Crippen molar-refractivity contribution in [2.24, 2.45) is 0 Å². The third-order valence-electron chi connectivity index (χ3n) is 2.52. The van der Waals surface area contributed by atoms with Gasteiger partial charge < -0.3 is 0 Å². The zero-order valence-electron chi connectivity index (χ0n) is 9.82. The summed E-state index contributed by atoms with van der Waals surface area (Å²) in [6.45, 7) is 0. The van der Waals surface area contributed by atoms with E-state index in [0.717, 1.165) is 17.3 Å². The molecule has 0 N–H and O–H groups in total. The van der Waals surface area contributed by atoms with E-state index >= 15 is 0 Å². The van der Waals surface area contributed by atoms with Crippen molar-refractivity contribution in [2.75, 3.05) is 0 Å². The van der Waals surface area contributed by atoms with Crippen LogP contribution in [0.15, 0.2) is 42.5 Å². The molecule has 94 valence electrons. The van der Waals surface area contributed by atoms with Gasteiger partial charge in [0.15, 0.2) is 10.2 Å². The standard InChI is InChI=1S/C13H9ClN4S/c14-11-7-6-10(16-17-11)13-15-12(18-19-13)8-9-4-2-1-3-5-9/h1-7H,8H2. The van der Waals surface area contributed by atoms with Crippen molar-refractivity contribution in [3.63, 3.8) is 0 Å². The highest BCUT2D eigenvalue weighted by Crippen LogP contribution is 2.20. The molecule has 0 saturated carbocycles. The van der Waals surface area contributed by atoms with Crippen LogP contribution in [0, 0.1) is 0 Å². The first-order valence-electron chi connectivity index (χ1n) is 5.67. The van der Waals surface area contributed by atoms with Crippen LogP contribution in [0.3, 0.4) is 0 Å². The maximum absolute atomic E-state index is 5.71. The predicted molar refractivity (Wildman–Crippen MR) is 75.2 cm³/mol. The first kappa shape index (κ1) is 12.2. The molecule has 3 rings (SSSR count). The van der Waals surface area contributed by atoms with Gasteiger partial charge in [-0.1, -0.05) is 41.9 Å². The van der Waals surface area contributed by atoms with E-state index in [0.29, 0.717) is 10.8 Å². The first-order valence-corrected chi connectivity index (χ1v) is 6.82. The van der Waals surface area contributed by atoms with E-state index in [1.165, 1.54) is 17.1 Å². The quantitative estimate of drug-likeness (QED) is 0.742. The Bertz CT molecular complexity index is 667. The van der Waals surface area contributed by atoms with Gasteiger partial charge in [-0.05, 0) is 29.2 Å². The summed E-state index contributed by atoms with van der Waals surface area (Å²) in [5, 5.41) is 8.93. The maximum Gasteiger partial charge on any atom is 0.164 e. The molecule has 0 radical (unpaired) electrons. The third-order valence-corrected chi connectivity index (χ3v) is 3.50. The van der Waals surface area contributed by atoms with Gasteiger partial charge in [0.05, 0.1) is 0 Å². The monoisotopic (exact) mass is 288 g/mol. The minimum atomic E-state index is 0.373. The summed E-state index contributed by atoms with van der Waals surface area (Å²) in [6, 6.07) is 13.6. The zero-order valence-corrected chi connectivity index (χ0v) is 11.4. The summed E-state index contributed by atoms with van der Waals surface area (Å²) in [5.41, 5.74) is 1.88. The average molecular weight is 289 g/mol. The van der Waals surface area contributed by atoms with Crippen LogP contribution in [-0.4, -0.2) is 19.6 Å². The van der Waals surface area contributed by atoms with E-state index in [4.69, 9.17) is 11.6 Å². The van der Waals surface area contributed by atoms with Crippen LogP contribution >= 0.6 is 23.1 Å². The van der Waals surface area contributed by atoms with Gasteiger partial charge in [-0.3, -0.25) is 0 Å². The summed E-state index contributed by atoms with van der Waals surface area (Å²) in [5.74, 6) is 0.794. The molecular formula is C13H9ClN4S. The summed E-state index contributed by atoms with van der Waals surface area (Å²) in [7, 11) is 0. The Morgan fingerprint density at radius 3 is 2.58 bits per heavy atom. The second-order valence-corrected chi connectivity index (χ2v) is 5.06. The van der Waals surface area contributed by atoms with Gasteiger partial charge in [-0.25, -0.2) is 4.98 Å². The maximum atomic E-state index is 5.71. The van der Waals surface area contributed by atoms with Crippen LogP contribution in [0.4, 0.5) is 0 Å². The summed E-state index contributed by atoms with van der Waals surface area (Å²) < 4.78 is 4.34. The molecule has 0 aliphatic carbocycles. The lowest BCUT2D eigenvalue weighted by Gasteiger charge is -1.95. The Balaban J connectivity index is 1.82. The number of benzene rings is 1. The van der Waals surface area contributed by atoms with E-state index in [1.807, 2.05) is 18.2 Å². The van der Waals surface area contributed by atoms with Crippen molar-refractivity contribution >= 4 is 23.1 Å². The molecule has 2 heterocycles. The Hall–Kier alpha value is -1.85. The molecule has 6 heteroatoms. The highest BCUT2D eigenvalue weighted by Gasteiger charge is 2.08. The van der Waals surface area contributed by atoms with Crippen molar-refractivity contribution < 1.29 is 0 Å². The molecule has 3 aromatic rings. The fraction of sp³-hybridized carbons (Fsp3) is 0.0769. The molecule has 1 aromatic carbocycles. The molecule has 4 nitrogen and oxygen atoms in total. The SMILES string of the molecule is Clc1ccc(-c2nc(Cc3ccccc3)ns2)nn1. The lowest BCUT2D eigenvalue weighted by molar-refractivity contribution is 1.01. The van der Waals surface area contributed by atoms with Gasteiger partial charge in [0.2, 0.25) is 0 Å². The first-order chi connectivity index (χ1) is 9.31. The van der Waals surface area contributed by atoms with Gasteiger partial charge in [-0.2, -0.15) is 4.37 Å². The molecule has 0 fully saturated rings. The molecule has 0 aliphatic rings. The van der Waals surface area contributed by atoms with Crippen LogP contribution in [0.5, 0.6) is 0 Å². The number of hydrogen-bond donors (Lipinski definition) is 0. The second-order valence-electron chi connectivity index (χ2n) is 3.92. The fourth-order valence-electron chi connectivity index (χ4n) is 1.64. The molecular weight excluding hydrogens is 280 g/mol. The smallest absolute Gasteiger partial charge is 0.164 e. The van der Waals surface area contributed by atoms with Crippen LogP contribution in [0.2, 0.25) is 5.15 Å². The molecule has 0 unspecified atom stereocenters. The highest BCUT2D eigenvalue weighted by molar-refractivity contribution is 7.09. The van der Waals surface area contributed by atoms with Crippen LogP contribution < -0.4 is 0 Å². The van der Waals surface area contributed by atoms with Crippen molar-refractivity contribution in [3.8, 4) is 10.7 Å². The number of rotatable bonds is 3. The summed E-state index contributed by atoms with van der Waals surface area (Å²) >= 11 is 7.03. The molecule has 0 aliphatic heterocycles. The molecule has 19 heavy (non-hydrogen) atoms. The van der Waals surface area contributed by atoms with Crippen LogP contribution in [0.25, 0.3) is 10.7 Å². The normalized spacial score (nSPS) is 10.6. The molecule has 0 amide bonds. The lowest BCUT2D eigenvalue weighted by atomic mass is 10.1. The Labute approximate surface area is 119 Å². The number of nitrogens with zero attached hydrogens (tertiary/aromatic N) is 4. The van der Waals surface area contributed by atoms with Crippen LogP contribution in [0.1, 0.15) is 11.4 Å². The van der Waals surface area contributed by atoms with E-state index < -0.39 is 0 Å². The minimum Gasteiger partial charge on any atom is -0.217 e. The molecule has 0 saturated heterocycles. The van der Waals surface area contributed by atoms with Gasteiger partial charge in [0.1, 0.15) is 11.5 Å². The van der Waals surface area contributed by atoms with E-state index in [2.05, 4.69) is 31.7 Å². The predicted octanol–water partition coefficient (Wildman–Crippen LogP) is 3.24. The van der Waals surface area contributed by atoms with Crippen molar-refractivity contribution in [1.82, 2.24) is 19.6 Å². The van der Waals surface area contributed by atoms with E-state index in [9.17, 15) is 0 Å². The third kappa shape index (κ3) is 2.94. The Morgan fingerprint density at radius 1 is 1.00 bits per heavy atom. The number of halogens is 1. The zero-order chi connectivity index (χ0) is 13.1. The topological polar surface area (TPSA) is 51.6 Å². The lowest BCUT2D eigenvalue weighted by Crippen LogP contribution is -1.91. The second kappa shape index (κ2) is 5.42. The Morgan fingerprint density at radius 2 is 1.84 bits per heavy atom. The van der Waals surface area contributed by atoms with Gasteiger partial charge in [0.25, 0.3) is 0 Å². The Kier molecular flexibility index (Phi) is 3.48. The summed E-state index contributed by atoms with van der Waals surface area (Å²) in [4.78, 5) is 4.47. The summed E-state index contributed by atoms with van der Waals surface area (Å²) in [6.07, 6.45) is 0.721. The number of aromatic nitrogens is 4. The van der Waals surface area contributed by atoms with Gasteiger partial charge in [0, 0.05) is 6.42 Å². The van der Waals surface area contributed by atoms with Crippen molar-refractivity contribution in [3.05, 3.63) is 59.0 Å². The largest absolute Gasteiger partial charge is 0.217 e. The van der Waals surface area contributed by atoms with E-state index in [-0.39, 0.29) is 0 Å². The average Bonchev–Trinajstić information content (AvgIpc) is 2.89. The van der Waals surface area contributed by atoms with Crippen LogP contribution in [-0.2, 0) is 6.42 Å². The highest BCUT2D eigenvalue weighted by atomic mass is 35.5. The molecule has 2 aromatic heterocycles. The van der Waals surface area contributed by atoms with Gasteiger partial charge >= 0.3 is 0 Å². The van der Waals surface area contributed by atoms with Crippen molar-refractivity contribution in [2.45, 2.75) is 6.42 Å².